The molecule has 7 heteroatoms. The van der Waals surface area contributed by atoms with Gasteiger partial charge in [0.15, 0.2) is 11.5 Å². The fourth-order valence-electron chi connectivity index (χ4n) is 3.65. The summed E-state index contributed by atoms with van der Waals surface area (Å²) in [5.41, 5.74) is 10.0. The fourth-order valence-corrected chi connectivity index (χ4v) is 4.20. The quantitative estimate of drug-likeness (QED) is 0.503. The van der Waals surface area contributed by atoms with Gasteiger partial charge >= 0.3 is 0 Å². The third-order valence-electron chi connectivity index (χ3n) is 5.31. The molecule has 4 rings (SSSR count). The van der Waals surface area contributed by atoms with Crippen LogP contribution in [-0.4, -0.2) is 12.2 Å². The molecule has 0 saturated heterocycles. The molecule has 162 valence electrons. The number of benzene rings is 3. The van der Waals surface area contributed by atoms with Gasteiger partial charge < -0.3 is 25.1 Å². The largest absolute Gasteiger partial charge is 0.508 e. The minimum Gasteiger partial charge on any atom is -0.508 e. The number of halogens is 1. The highest BCUT2D eigenvalue weighted by molar-refractivity contribution is 9.10. The molecule has 1 atom stereocenters. The van der Waals surface area contributed by atoms with Gasteiger partial charge in [0.2, 0.25) is 5.88 Å². The maximum absolute atomic E-state index is 9.85. The predicted molar refractivity (Wildman–Crippen MR) is 124 cm³/mol. The van der Waals surface area contributed by atoms with E-state index in [1.165, 1.54) is 11.6 Å². The van der Waals surface area contributed by atoms with Crippen LogP contribution in [0, 0.1) is 18.3 Å². The second-order valence-corrected chi connectivity index (χ2v) is 8.30. The Morgan fingerprint density at radius 1 is 1.09 bits per heavy atom. The van der Waals surface area contributed by atoms with Crippen LogP contribution >= 0.6 is 15.9 Å². The molecular formula is C25H21BrN2O4. The molecule has 0 aromatic heterocycles. The molecule has 32 heavy (non-hydrogen) atoms. The van der Waals surface area contributed by atoms with Gasteiger partial charge in [0.05, 0.1) is 13.0 Å². The smallest absolute Gasteiger partial charge is 0.205 e. The van der Waals surface area contributed by atoms with Crippen LogP contribution in [0.1, 0.15) is 28.2 Å². The minimum absolute atomic E-state index is 0.00108. The van der Waals surface area contributed by atoms with Crippen LogP contribution < -0.4 is 19.9 Å². The first-order valence-corrected chi connectivity index (χ1v) is 10.7. The Hall–Kier alpha value is -3.63. The molecule has 0 fully saturated rings. The number of aryl methyl sites for hydroxylation is 1. The van der Waals surface area contributed by atoms with E-state index in [-0.39, 0.29) is 17.2 Å². The highest BCUT2D eigenvalue weighted by atomic mass is 79.9. The van der Waals surface area contributed by atoms with Crippen molar-refractivity contribution in [3.63, 3.8) is 0 Å². The molecule has 1 aliphatic heterocycles. The van der Waals surface area contributed by atoms with E-state index < -0.39 is 5.92 Å². The van der Waals surface area contributed by atoms with E-state index in [2.05, 4.69) is 22.0 Å². The number of ether oxygens (including phenoxy) is 3. The van der Waals surface area contributed by atoms with Crippen molar-refractivity contribution in [2.24, 2.45) is 5.73 Å². The molecule has 6 nitrogen and oxygen atoms in total. The molecule has 0 spiro atoms. The fraction of sp³-hybridized carbons (Fsp3) is 0.160. The normalized spacial score (nSPS) is 14.9. The molecule has 3 N–H and O–H groups in total. The van der Waals surface area contributed by atoms with Gasteiger partial charge in [0, 0.05) is 16.1 Å². The second kappa shape index (κ2) is 8.85. The van der Waals surface area contributed by atoms with E-state index >= 15 is 0 Å². The van der Waals surface area contributed by atoms with Crippen molar-refractivity contribution in [1.82, 2.24) is 0 Å². The lowest BCUT2D eigenvalue weighted by atomic mass is 9.83. The summed E-state index contributed by atoms with van der Waals surface area (Å²) in [6.45, 7) is 2.42. The van der Waals surface area contributed by atoms with Crippen molar-refractivity contribution in [2.45, 2.75) is 19.4 Å². The summed E-state index contributed by atoms with van der Waals surface area (Å²) in [5.74, 6) is 1.04. The van der Waals surface area contributed by atoms with Crippen molar-refractivity contribution in [2.75, 3.05) is 7.11 Å². The number of methoxy groups -OCH3 is 1. The standard InChI is InChI=1S/C25H21BrN2O4/c1-14-3-5-15(6-4-14)13-31-23-11-20(26)18(10-22(23)30-2)24-17-8-7-16(29)9-21(17)32-25(28)19(24)12-27/h3-11,24,29H,13,28H2,1-2H3/t24-/m0/s1. The lowest BCUT2D eigenvalue weighted by Gasteiger charge is -2.27. The summed E-state index contributed by atoms with van der Waals surface area (Å²) in [7, 11) is 1.57. The number of phenols is 1. The number of aromatic hydroxyl groups is 1. The highest BCUT2D eigenvalue weighted by Crippen LogP contribution is 2.47. The summed E-state index contributed by atoms with van der Waals surface area (Å²) < 4.78 is 17.9. The third-order valence-corrected chi connectivity index (χ3v) is 6.00. The van der Waals surface area contributed by atoms with E-state index in [0.717, 1.165) is 15.6 Å². The average molecular weight is 493 g/mol. The van der Waals surface area contributed by atoms with Crippen molar-refractivity contribution in [3.8, 4) is 29.1 Å². The van der Waals surface area contributed by atoms with Gasteiger partial charge in [0.1, 0.15) is 29.7 Å². The maximum Gasteiger partial charge on any atom is 0.205 e. The van der Waals surface area contributed by atoms with Crippen LogP contribution in [0.4, 0.5) is 0 Å². The minimum atomic E-state index is -0.501. The lowest BCUT2D eigenvalue weighted by molar-refractivity contribution is 0.284. The van der Waals surface area contributed by atoms with Crippen LogP contribution in [-0.2, 0) is 6.61 Å². The van der Waals surface area contributed by atoms with Crippen LogP contribution in [0.3, 0.4) is 0 Å². The molecule has 1 aliphatic rings. The monoisotopic (exact) mass is 492 g/mol. The Kier molecular flexibility index (Phi) is 5.97. The lowest BCUT2D eigenvalue weighted by Crippen LogP contribution is -2.21. The molecule has 0 aliphatic carbocycles. The second-order valence-electron chi connectivity index (χ2n) is 7.45. The zero-order valence-electron chi connectivity index (χ0n) is 17.6. The number of nitrogens with zero attached hydrogens (tertiary/aromatic N) is 1. The van der Waals surface area contributed by atoms with Crippen molar-refractivity contribution in [1.29, 1.82) is 5.26 Å². The van der Waals surface area contributed by atoms with Crippen molar-refractivity contribution in [3.05, 3.63) is 92.8 Å². The van der Waals surface area contributed by atoms with Crippen LogP contribution in [0.5, 0.6) is 23.0 Å². The van der Waals surface area contributed by atoms with Gasteiger partial charge in [-0.25, -0.2) is 0 Å². The van der Waals surface area contributed by atoms with Gasteiger partial charge in [-0.15, -0.1) is 0 Å². The third kappa shape index (κ3) is 4.10. The Balaban J connectivity index is 1.74. The average Bonchev–Trinajstić information content (AvgIpc) is 2.78. The van der Waals surface area contributed by atoms with E-state index in [4.69, 9.17) is 19.9 Å². The van der Waals surface area contributed by atoms with E-state index in [0.29, 0.717) is 29.4 Å². The Morgan fingerprint density at radius 2 is 1.84 bits per heavy atom. The van der Waals surface area contributed by atoms with E-state index in [9.17, 15) is 10.4 Å². The molecular weight excluding hydrogens is 472 g/mol. The summed E-state index contributed by atoms with van der Waals surface area (Å²) in [4.78, 5) is 0. The van der Waals surface area contributed by atoms with E-state index in [1.807, 2.05) is 43.3 Å². The number of nitriles is 1. The van der Waals surface area contributed by atoms with E-state index in [1.54, 1.807) is 19.2 Å². The summed E-state index contributed by atoms with van der Waals surface area (Å²) in [6.07, 6.45) is 0. The number of hydrogen-bond acceptors (Lipinski definition) is 6. The molecule has 3 aromatic carbocycles. The van der Waals surface area contributed by atoms with Gasteiger partial charge in [-0.2, -0.15) is 5.26 Å². The molecule has 1 heterocycles. The number of phenolic OH excluding ortho intramolecular Hbond substituents is 1. The van der Waals surface area contributed by atoms with Crippen LogP contribution in [0.2, 0.25) is 0 Å². The first kappa shape index (κ1) is 21.6. The highest BCUT2D eigenvalue weighted by Gasteiger charge is 2.33. The molecule has 0 radical (unpaired) electrons. The van der Waals surface area contributed by atoms with Gasteiger partial charge in [-0.3, -0.25) is 0 Å². The maximum atomic E-state index is 9.85. The Morgan fingerprint density at radius 3 is 2.53 bits per heavy atom. The summed E-state index contributed by atoms with van der Waals surface area (Å²) >= 11 is 3.63. The molecule has 0 unspecified atom stereocenters. The number of rotatable bonds is 5. The zero-order valence-corrected chi connectivity index (χ0v) is 19.1. The Labute approximate surface area is 194 Å². The first-order valence-electron chi connectivity index (χ1n) is 9.87. The molecule has 0 bridgehead atoms. The van der Waals surface area contributed by atoms with Crippen LogP contribution in [0.15, 0.2) is 70.5 Å². The van der Waals surface area contributed by atoms with Crippen LogP contribution in [0.25, 0.3) is 0 Å². The van der Waals surface area contributed by atoms with Gasteiger partial charge in [0.25, 0.3) is 0 Å². The number of fused-ring (bicyclic) bond motifs is 1. The molecule has 0 saturated carbocycles. The number of nitrogens with two attached hydrogens (primary N) is 1. The molecule has 0 amide bonds. The molecule has 3 aromatic rings. The predicted octanol–water partition coefficient (Wildman–Crippen LogP) is 5.27. The Bertz CT molecular complexity index is 1250. The zero-order chi connectivity index (χ0) is 22.8. The van der Waals surface area contributed by atoms with Gasteiger partial charge in [-0.1, -0.05) is 51.8 Å². The topological polar surface area (TPSA) is 97.7 Å². The first-order chi connectivity index (χ1) is 15.4. The summed E-state index contributed by atoms with van der Waals surface area (Å²) in [6, 6.07) is 18.7. The van der Waals surface area contributed by atoms with Gasteiger partial charge in [-0.05, 0) is 36.2 Å². The van der Waals surface area contributed by atoms with Crippen molar-refractivity contribution < 1.29 is 19.3 Å². The number of hydrogen-bond donors (Lipinski definition) is 2. The number of allylic oxidation sites excluding steroid dienone is 1. The summed E-state index contributed by atoms with van der Waals surface area (Å²) in [5, 5.41) is 19.6. The SMILES string of the molecule is COc1cc([C@H]2C(C#N)=C(N)Oc3cc(O)ccc32)c(Br)cc1OCc1ccc(C)cc1. The van der Waals surface area contributed by atoms with Crippen molar-refractivity contribution >= 4 is 15.9 Å².